The smallest absolute Gasteiger partial charge is 0.300 e. The van der Waals surface area contributed by atoms with Gasteiger partial charge >= 0.3 is 12.3 Å². The van der Waals surface area contributed by atoms with Gasteiger partial charge in [0.25, 0.3) is 5.83 Å². The molecule has 0 aliphatic rings. The van der Waals surface area contributed by atoms with Crippen LogP contribution in [0.5, 0.6) is 0 Å². The van der Waals surface area contributed by atoms with Gasteiger partial charge in [0, 0.05) is 0 Å². The van der Waals surface area contributed by atoms with Crippen LogP contribution < -0.4 is 0 Å². The van der Waals surface area contributed by atoms with Crippen molar-refractivity contribution in [3.8, 4) is 0 Å². The zero-order valence-electron chi connectivity index (χ0n) is 8.29. The molecule has 0 aromatic carbocycles. The zero-order chi connectivity index (χ0) is 13.5. The second-order valence-electron chi connectivity index (χ2n) is 2.65. The van der Waals surface area contributed by atoms with E-state index in [2.05, 4.69) is 0 Å². The monoisotopic (exact) mass is 250 g/mol. The number of hydrogen-bond acceptors (Lipinski definition) is 2. The molecule has 0 radical (unpaired) electrons. The number of Topliss-reactive ketones (excluding diaryl/α,β-unsaturated/α-hetero) is 2. The lowest BCUT2D eigenvalue weighted by Crippen LogP contribution is -2.08. The van der Waals surface area contributed by atoms with Crippen molar-refractivity contribution >= 4 is 11.6 Å². The molecule has 0 heterocycles. The van der Waals surface area contributed by atoms with E-state index < -0.39 is 18.1 Å². The number of hydrogen-bond donors (Lipinski definition) is 0. The van der Waals surface area contributed by atoms with E-state index >= 15 is 0 Å². The van der Waals surface area contributed by atoms with Crippen LogP contribution in [0.3, 0.4) is 0 Å². The first-order chi connectivity index (χ1) is 6.98. The van der Waals surface area contributed by atoms with Gasteiger partial charge in [0.2, 0.25) is 0 Å². The zero-order valence-corrected chi connectivity index (χ0v) is 8.29. The summed E-state index contributed by atoms with van der Waals surface area (Å²) in [6.07, 6.45) is -8.82. The molecule has 0 N–H and O–H groups in total. The number of ketones is 2. The Morgan fingerprint density at radius 2 is 1.25 bits per heavy atom. The van der Waals surface area contributed by atoms with Crippen molar-refractivity contribution in [2.75, 3.05) is 0 Å². The molecule has 0 aromatic rings. The van der Waals surface area contributed by atoms with E-state index in [-0.39, 0.29) is 18.0 Å². The maximum atomic E-state index is 11.0. The Hall–Kier alpha value is -1.34. The van der Waals surface area contributed by atoms with Crippen LogP contribution in [0.2, 0.25) is 0 Å². The Labute approximate surface area is 86.9 Å². The largest absolute Gasteiger partial charge is 0.448 e. The second-order valence-corrected chi connectivity index (χ2v) is 2.65. The normalized spacial score (nSPS) is 10.0. The standard InChI is InChI=1S/C5H8O2.C3F6/c1-4(6)3-5(2)7;4-1(2(5)6)3(7,8)9/h3H2,1-2H3;. The van der Waals surface area contributed by atoms with Crippen molar-refractivity contribution in [2.45, 2.75) is 26.4 Å². The lowest BCUT2D eigenvalue weighted by atomic mass is 10.2. The predicted octanol–water partition coefficient (Wildman–Crippen LogP) is 3.18. The third kappa shape index (κ3) is 10.7. The van der Waals surface area contributed by atoms with Gasteiger partial charge in [0.05, 0.1) is 6.42 Å². The molecule has 0 fully saturated rings. The second kappa shape index (κ2) is 7.02. The number of rotatable bonds is 2. The molecule has 0 saturated carbocycles. The summed E-state index contributed by atoms with van der Waals surface area (Å²) in [6, 6.07) is 0. The van der Waals surface area contributed by atoms with Crippen LogP contribution >= 0.6 is 0 Å². The number of alkyl halides is 3. The molecular weight excluding hydrogens is 242 g/mol. The highest BCUT2D eigenvalue weighted by Gasteiger charge is 2.38. The molecule has 94 valence electrons. The number of carbonyl (C=O) groups is 2. The summed E-state index contributed by atoms with van der Waals surface area (Å²) in [5, 5.41) is 0. The Bertz CT molecular complexity index is 275. The average Bonchev–Trinajstić information content (AvgIpc) is 1.99. The minimum absolute atomic E-state index is 0.0625. The van der Waals surface area contributed by atoms with Crippen molar-refractivity contribution in [1.29, 1.82) is 0 Å². The average molecular weight is 250 g/mol. The summed E-state index contributed by atoms with van der Waals surface area (Å²) in [5.74, 6) is -3.46. The van der Waals surface area contributed by atoms with E-state index in [1.54, 1.807) is 0 Å². The summed E-state index contributed by atoms with van der Waals surface area (Å²) >= 11 is 0. The third-order valence-electron chi connectivity index (χ3n) is 0.913. The van der Waals surface area contributed by atoms with Crippen LogP contribution in [0, 0.1) is 0 Å². The van der Waals surface area contributed by atoms with Crippen LogP contribution in [0.15, 0.2) is 11.9 Å². The molecule has 0 atom stereocenters. The number of allylic oxidation sites excluding steroid dienone is 1. The third-order valence-corrected chi connectivity index (χ3v) is 0.913. The van der Waals surface area contributed by atoms with Gasteiger partial charge in [-0.3, -0.25) is 9.59 Å². The SMILES string of the molecule is CC(=O)CC(C)=O.FC(F)=C(F)C(F)(F)F. The van der Waals surface area contributed by atoms with Crippen LogP contribution in [0.4, 0.5) is 26.3 Å². The highest BCUT2D eigenvalue weighted by molar-refractivity contribution is 5.96. The van der Waals surface area contributed by atoms with Gasteiger partial charge in [-0.2, -0.15) is 26.3 Å². The van der Waals surface area contributed by atoms with Crippen molar-refractivity contribution in [3.63, 3.8) is 0 Å². The van der Waals surface area contributed by atoms with Crippen molar-refractivity contribution in [3.05, 3.63) is 11.9 Å². The van der Waals surface area contributed by atoms with E-state index in [9.17, 15) is 35.9 Å². The summed E-state index contributed by atoms with van der Waals surface area (Å²) in [4.78, 5) is 20.1. The first kappa shape index (κ1) is 17.1. The van der Waals surface area contributed by atoms with Gasteiger partial charge in [0.1, 0.15) is 11.6 Å². The molecule has 8 heteroatoms. The number of carbonyl (C=O) groups excluding carboxylic acids is 2. The highest BCUT2D eigenvalue weighted by atomic mass is 19.4. The van der Waals surface area contributed by atoms with Gasteiger partial charge < -0.3 is 0 Å². The van der Waals surface area contributed by atoms with Crippen molar-refractivity contribution in [2.24, 2.45) is 0 Å². The van der Waals surface area contributed by atoms with Crippen molar-refractivity contribution < 1.29 is 35.9 Å². The van der Waals surface area contributed by atoms with Gasteiger partial charge in [-0.1, -0.05) is 0 Å². The Morgan fingerprint density at radius 1 is 0.938 bits per heavy atom. The lowest BCUT2D eigenvalue weighted by Gasteiger charge is -1.98. The highest BCUT2D eigenvalue weighted by Crippen LogP contribution is 2.29. The minimum atomic E-state index is -5.56. The van der Waals surface area contributed by atoms with Gasteiger partial charge in [0.15, 0.2) is 0 Å². The Kier molecular flexibility index (Phi) is 7.49. The summed E-state index contributed by atoms with van der Waals surface area (Å²) in [6.45, 7) is 2.81. The molecule has 0 spiro atoms. The summed E-state index contributed by atoms with van der Waals surface area (Å²) < 4.78 is 64.8. The molecule has 0 aliphatic heterocycles. The molecule has 0 saturated heterocycles. The van der Waals surface area contributed by atoms with Crippen LogP contribution in [0.1, 0.15) is 20.3 Å². The van der Waals surface area contributed by atoms with E-state index in [1.807, 2.05) is 0 Å². The summed E-state index contributed by atoms with van der Waals surface area (Å²) in [5.41, 5.74) is 0. The van der Waals surface area contributed by atoms with Crippen LogP contribution in [-0.4, -0.2) is 17.7 Å². The summed E-state index contributed by atoms with van der Waals surface area (Å²) in [7, 11) is 0. The Morgan fingerprint density at radius 3 is 1.25 bits per heavy atom. The minimum Gasteiger partial charge on any atom is -0.300 e. The fourth-order valence-electron chi connectivity index (χ4n) is 0.458. The predicted molar refractivity (Wildman–Crippen MR) is 42.4 cm³/mol. The van der Waals surface area contributed by atoms with E-state index in [4.69, 9.17) is 0 Å². The molecule has 0 unspecified atom stereocenters. The first-order valence-corrected chi connectivity index (χ1v) is 3.75. The maximum Gasteiger partial charge on any atom is 0.448 e. The number of halogens is 6. The molecule has 0 bridgehead atoms. The molecule has 2 nitrogen and oxygen atoms in total. The topological polar surface area (TPSA) is 34.1 Å². The van der Waals surface area contributed by atoms with Crippen molar-refractivity contribution in [1.82, 2.24) is 0 Å². The first-order valence-electron chi connectivity index (χ1n) is 3.75. The van der Waals surface area contributed by atoms with E-state index in [0.717, 1.165) is 0 Å². The molecule has 0 aromatic heterocycles. The van der Waals surface area contributed by atoms with Gasteiger partial charge in [-0.15, -0.1) is 0 Å². The molecule has 16 heavy (non-hydrogen) atoms. The van der Waals surface area contributed by atoms with Crippen LogP contribution in [-0.2, 0) is 9.59 Å². The lowest BCUT2D eigenvalue weighted by molar-refractivity contribution is -0.124. The molecule has 0 amide bonds. The van der Waals surface area contributed by atoms with Gasteiger partial charge in [-0.05, 0) is 13.8 Å². The fourth-order valence-corrected chi connectivity index (χ4v) is 0.458. The quantitative estimate of drug-likeness (QED) is 0.557. The van der Waals surface area contributed by atoms with Gasteiger partial charge in [-0.25, -0.2) is 0 Å². The fraction of sp³-hybridized carbons (Fsp3) is 0.500. The molecule has 0 rings (SSSR count). The van der Waals surface area contributed by atoms with E-state index in [0.29, 0.717) is 0 Å². The van der Waals surface area contributed by atoms with Crippen LogP contribution in [0.25, 0.3) is 0 Å². The molecular formula is C8H8F6O2. The maximum absolute atomic E-state index is 11.0. The molecule has 0 aliphatic carbocycles. The van der Waals surface area contributed by atoms with E-state index in [1.165, 1.54) is 13.8 Å². The Balaban J connectivity index is 0.